The fourth-order valence-corrected chi connectivity index (χ4v) is 11.5. The van der Waals surface area contributed by atoms with Gasteiger partial charge in [0.25, 0.3) is 0 Å². The topological polar surface area (TPSA) is 59.0 Å². The number of benzene rings is 11. The molecule has 0 aliphatic rings. The largest absolute Gasteiger partial charge is 0.456 e. The molecule has 0 amide bonds. The van der Waals surface area contributed by atoms with Gasteiger partial charge in [-0.2, -0.15) is 0 Å². The van der Waals surface area contributed by atoms with Crippen LogP contribution in [0.3, 0.4) is 0 Å². The highest BCUT2D eigenvalue weighted by Gasteiger charge is 2.22. The van der Waals surface area contributed by atoms with Gasteiger partial charge in [0.1, 0.15) is 44.7 Å². The summed E-state index contributed by atoms with van der Waals surface area (Å²) in [7, 11) is 0. The summed E-state index contributed by atoms with van der Waals surface area (Å²) in [6, 6.07) is 73.9. The van der Waals surface area contributed by atoms with Gasteiger partial charge in [0.2, 0.25) is 0 Å². The molecule has 6 heteroatoms. The van der Waals surface area contributed by atoms with Crippen LogP contribution in [0, 0.1) is 0 Å². The Morgan fingerprint density at radius 1 is 0.257 bits per heavy atom. The lowest BCUT2D eigenvalue weighted by Crippen LogP contribution is -2.10. The standard InChI is InChI=1S/C68H48N2O4/c1-39(2)41-13-19-45(20-14-41)69(49-25-31-63-57(35-49)53-9-5-7-11-61(53)71-63)47-23-29-51-43(33-47)17-27-55-59-37-60-56-28-18-44-34-48(24-30-52(44)68(56)74-66(60)38-65(59)73-67(51)55)70(46-21-15-42(16-22-46)40(3)4)50-26-32-64-58(36-50)54-10-6-8-12-62(54)72-64/h5-40H,1-4H3. The summed E-state index contributed by atoms with van der Waals surface area (Å²) in [5, 5.41) is 13.0. The third-order valence-corrected chi connectivity index (χ3v) is 15.4. The van der Waals surface area contributed by atoms with Crippen LogP contribution >= 0.6 is 0 Å². The molecule has 0 saturated heterocycles. The van der Waals surface area contributed by atoms with E-state index < -0.39 is 0 Å². The lowest BCUT2D eigenvalue weighted by molar-refractivity contribution is 0.659. The molecule has 0 aliphatic heterocycles. The highest BCUT2D eigenvalue weighted by Crippen LogP contribution is 2.46. The van der Waals surface area contributed by atoms with Gasteiger partial charge in [-0.25, -0.2) is 0 Å². The van der Waals surface area contributed by atoms with E-state index in [9.17, 15) is 0 Å². The molecule has 0 aliphatic carbocycles. The quantitative estimate of drug-likeness (QED) is 0.151. The van der Waals surface area contributed by atoms with E-state index in [1.165, 1.54) is 11.1 Å². The molecule has 11 aromatic carbocycles. The Bertz CT molecular complexity index is 4440. The first-order chi connectivity index (χ1) is 36.3. The normalized spacial score (nSPS) is 12.3. The van der Waals surface area contributed by atoms with E-state index in [-0.39, 0.29) is 0 Å². The molecule has 4 aromatic heterocycles. The van der Waals surface area contributed by atoms with Crippen LogP contribution in [-0.4, -0.2) is 0 Å². The minimum atomic E-state index is 0.434. The minimum Gasteiger partial charge on any atom is -0.456 e. The third kappa shape index (κ3) is 6.57. The van der Waals surface area contributed by atoms with Gasteiger partial charge in [-0.05, 0) is 161 Å². The SMILES string of the molecule is CC(C)c1ccc(N(c2ccc3c(ccc4c5cc6c(cc5oc34)oc3c4ccc(N(c5ccc(C(C)C)cc5)c5ccc7oc8ccccc8c7c5)cc4ccc63)c2)c2ccc3oc4ccccc4c3c2)cc1. The van der Waals surface area contributed by atoms with E-state index in [1.54, 1.807) is 0 Å². The molecule has 74 heavy (non-hydrogen) atoms. The van der Waals surface area contributed by atoms with Crippen molar-refractivity contribution >= 4 is 143 Å². The van der Waals surface area contributed by atoms with Crippen molar-refractivity contribution in [2.24, 2.45) is 0 Å². The summed E-state index contributed by atoms with van der Waals surface area (Å²) in [5.74, 6) is 0.868. The van der Waals surface area contributed by atoms with Gasteiger partial charge in [-0.3, -0.25) is 0 Å². The van der Waals surface area contributed by atoms with E-state index in [1.807, 2.05) is 24.3 Å². The zero-order chi connectivity index (χ0) is 49.3. The number of hydrogen-bond donors (Lipinski definition) is 0. The summed E-state index contributed by atoms with van der Waals surface area (Å²) in [5.41, 5.74) is 15.8. The number of hydrogen-bond acceptors (Lipinski definition) is 6. The Labute approximate surface area is 425 Å². The monoisotopic (exact) mass is 956 g/mol. The number of para-hydroxylation sites is 2. The highest BCUT2D eigenvalue weighted by molar-refractivity contribution is 6.22. The summed E-state index contributed by atoms with van der Waals surface area (Å²) < 4.78 is 26.2. The maximum Gasteiger partial charge on any atom is 0.143 e. The molecule has 354 valence electrons. The molecule has 4 heterocycles. The second-order valence-corrected chi connectivity index (χ2v) is 20.5. The third-order valence-electron chi connectivity index (χ3n) is 15.4. The number of rotatable bonds is 8. The molecule has 0 spiro atoms. The number of fused-ring (bicyclic) bond motifs is 16. The van der Waals surface area contributed by atoms with E-state index in [4.69, 9.17) is 17.7 Å². The predicted molar refractivity (Wildman–Crippen MR) is 308 cm³/mol. The second-order valence-electron chi connectivity index (χ2n) is 20.5. The summed E-state index contributed by atoms with van der Waals surface area (Å²) in [6.45, 7) is 8.93. The first-order valence-electron chi connectivity index (χ1n) is 25.6. The van der Waals surface area contributed by atoms with Crippen LogP contribution in [0.25, 0.3) is 109 Å². The van der Waals surface area contributed by atoms with Gasteiger partial charge in [0, 0.05) is 94.1 Å². The second kappa shape index (κ2) is 16.1. The van der Waals surface area contributed by atoms with E-state index in [0.717, 1.165) is 143 Å². The Hall–Kier alpha value is -9.26. The van der Waals surface area contributed by atoms with E-state index >= 15 is 0 Å². The van der Waals surface area contributed by atoms with Crippen LogP contribution in [-0.2, 0) is 0 Å². The van der Waals surface area contributed by atoms with Crippen molar-refractivity contribution in [2.45, 2.75) is 39.5 Å². The molecule has 0 saturated carbocycles. The molecule has 6 nitrogen and oxygen atoms in total. The fourth-order valence-electron chi connectivity index (χ4n) is 11.5. The Balaban J connectivity index is 0.818. The van der Waals surface area contributed by atoms with Crippen molar-refractivity contribution in [3.8, 4) is 0 Å². The van der Waals surface area contributed by atoms with Crippen molar-refractivity contribution in [1.82, 2.24) is 0 Å². The molecule has 0 atom stereocenters. The molecule has 0 radical (unpaired) electrons. The van der Waals surface area contributed by atoms with Crippen molar-refractivity contribution in [3.05, 3.63) is 217 Å². The van der Waals surface area contributed by atoms with Crippen LogP contribution in [0.2, 0.25) is 0 Å². The summed E-state index contributed by atoms with van der Waals surface area (Å²) in [6.07, 6.45) is 0. The van der Waals surface area contributed by atoms with Gasteiger partial charge in [-0.15, -0.1) is 0 Å². The highest BCUT2D eigenvalue weighted by atomic mass is 16.3. The van der Waals surface area contributed by atoms with Crippen LogP contribution in [0.15, 0.2) is 224 Å². The zero-order valence-electron chi connectivity index (χ0n) is 41.3. The first-order valence-corrected chi connectivity index (χ1v) is 25.6. The smallest absolute Gasteiger partial charge is 0.143 e. The molecular weight excluding hydrogens is 909 g/mol. The summed E-state index contributed by atoms with van der Waals surface area (Å²) >= 11 is 0. The Kier molecular flexibility index (Phi) is 9.24. The number of furan rings is 4. The van der Waals surface area contributed by atoms with Crippen molar-refractivity contribution in [1.29, 1.82) is 0 Å². The number of nitrogens with zero attached hydrogens (tertiary/aromatic N) is 2. The first kappa shape index (κ1) is 42.4. The van der Waals surface area contributed by atoms with Crippen LogP contribution < -0.4 is 9.80 Å². The van der Waals surface area contributed by atoms with E-state index in [0.29, 0.717) is 11.8 Å². The molecule has 0 unspecified atom stereocenters. The van der Waals surface area contributed by atoms with Gasteiger partial charge in [0.15, 0.2) is 0 Å². The zero-order valence-corrected chi connectivity index (χ0v) is 41.3. The van der Waals surface area contributed by atoms with Crippen molar-refractivity contribution in [3.63, 3.8) is 0 Å². The lowest BCUT2D eigenvalue weighted by atomic mass is 10.0. The Morgan fingerprint density at radius 3 is 1.07 bits per heavy atom. The molecular formula is C68H48N2O4. The molecule has 15 aromatic rings. The molecule has 15 rings (SSSR count). The molecule has 0 N–H and O–H groups in total. The van der Waals surface area contributed by atoms with Gasteiger partial charge in [-0.1, -0.05) is 100 Å². The lowest BCUT2D eigenvalue weighted by Gasteiger charge is -2.26. The van der Waals surface area contributed by atoms with Crippen molar-refractivity contribution < 1.29 is 17.7 Å². The van der Waals surface area contributed by atoms with Crippen LogP contribution in [0.5, 0.6) is 0 Å². The van der Waals surface area contributed by atoms with Crippen molar-refractivity contribution in [2.75, 3.05) is 9.80 Å². The minimum absolute atomic E-state index is 0.434. The average Bonchev–Trinajstić information content (AvgIpc) is 4.21. The molecule has 0 bridgehead atoms. The van der Waals surface area contributed by atoms with Crippen LogP contribution in [0.1, 0.15) is 50.7 Å². The maximum absolute atomic E-state index is 6.84. The predicted octanol–water partition coefficient (Wildman–Crippen LogP) is 20.8. The van der Waals surface area contributed by atoms with Gasteiger partial charge < -0.3 is 27.5 Å². The van der Waals surface area contributed by atoms with Gasteiger partial charge >= 0.3 is 0 Å². The molecule has 0 fully saturated rings. The Morgan fingerprint density at radius 2 is 0.622 bits per heavy atom. The maximum atomic E-state index is 6.84. The van der Waals surface area contributed by atoms with E-state index in [2.05, 4.69) is 219 Å². The number of anilines is 6. The van der Waals surface area contributed by atoms with Gasteiger partial charge in [0.05, 0.1) is 0 Å². The fraction of sp³-hybridized carbons (Fsp3) is 0.0882. The average molecular weight is 957 g/mol. The van der Waals surface area contributed by atoms with Crippen LogP contribution in [0.4, 0.5) is 34.1 Å². The summed E-state index contributed by atoms with van der Waals surface area (Å²) in [4.78, 5) is 4.67.